The third-order valence-corrected chi connectivity index (χ3v) is 7.05. The van der Waals surface area contributed by atoms with Crippen LogP contribution in [-0.2, 0) is 4.79 Å². The molecule has 1 N–H and O–H groups in total. The predicted octanol–water partition coefficient (Wildman–Crippen LogP) is 9.77. The van der Waals surface area contributed by atoms with Crippen LogP contribution >= 0.6 is 0 Å². The van der Waals surface area contributed by atoms with E-state index in [-0.39, 0.29) is 0 Å². The first-order valence-corrected chi connectivity index (χ1v) is 13.7. The van der Waals surface area contributed by atoms with Crippen molar-refractivity contribution in [2.24, 2.45) is 0 Å². The van der Waals surface area contributed by atoms with E-state index in [1.807, 2.05) is 24.3 Å². The lowest BCUT2D eigenvalue weighted by Crippen LogP contribution is -2.09. The highest BCUT2D eigenvalue weighted by Gasteiger charge is 2.13. The molecule has 202 valence electrons. The molecule has 0 aliphatic carbocycles. The highest BCUT2D eigenvalue weighted by molar-refractivity contribution is 5.92. The van der Waals surface area contributed by atoms with Gasteiger partial charge in [0.05, 0.1) is 0 Å². The molecule has 0 atom stereocenters. The first-order chi connectivity index (χ1) is 19.9. The van der Waals surface area contributed by atoms with E-state index in [1.165, 1.54) is 33.4 Å². The van der Waals surface area contributed by atoms with E-state index in [2.05, 4.69) is 129 Å². The number of carboxylic acid groups (broad SMARTS) is 1. The Bertz CT molecular complexity index is 1630. The van der Waals surface area contributed by atoms with Crippen LogP contribution in [0.3, 0.4) is 0 Å². The van der Waals surface area contributed by atoms with Crippen LogP contribution in [-0.4, -0.2) is 11.1 Å². The van der Waals surface area contributed by atoms with Crippen LogP contribution in [0.1, 0.15) is 38.9 Å². The Kier molecular flexibility index (Phi) is 8.26. The van der Waals surface area contributed by atoms with Crippen LogP contribution in [0, 0.1) is 20.8 Å². The van der Waals surface area contributed by atoms with Gasteiger partial charge < -0.3 is 10.0 Å². The molecule has 0 bridgehead atoms. The molecule has 0 saturated carbocycles. The van der Waals surface area contributed by atoms with E-state index in [9.17, 15) is 4.79 Å². The SMILES string of the molecule is Cc1ccc(C(=Cc2ccc(N(c3ccc(C)cc3)c3ccc(C=CC(=O)O)cc3)cc2)c2ccc(C)cc2)cc1. The third kappa shape index (κ3) is 6.90. The maximum Gasteiger partial charge on any atom is 0.328 e. The highest BCUT2D eigenvalue weighted by Crippen LogP contribution is 2.35. The summed E-state index contributed by atoms with van der Waals surface area (Å²) in [5.74, 6) is -0.961. The zero-order chi connectivity index (χ0) is 28.8. The van der Waals surface area contributed by atoms with Gasteiger partial charge in [-0.1, -0.05) is 102 Å². The largest absolute Gasteiger partial charge is 0.478 e. The summed E-state index contributed by atoms with van der Waals surface area (Å²) < 4.78 is 0. The number of carbonyl (C=O) groups is 1. The Balaban J connectivity index is 1.53. The Morgan fingerprint density at radius 2 is 0.902 bits per heavy atom. The van der Waals surface area contributed by atoms with Crippen molar-refractivity contribution in [2.75, 3.05) is 4.90 Å². The Morgan fingerprint density at radius 1 is 0.537 bits per heavy atom. The minimum atomic E-state index is -0.961. The van der Waals surface area contributed by atoms with Gasteiger partial charge in [-0.05, 0) is 97.1 Å². The number of hydrogen-bond donors (Lipinski definition) is 1. The summed E-state index contributed by atoms with van der Waals surface area (Å²) >= 11 is 0. The van der Waals surface area contributed by atoms with Gasteiger partial charge in [0.1, 0.15) is 0 Å². The van der Waals surface area contributed by atoms with Gasteiger partial charge >= 0.3 is 5.97 Å². The fraction of sp³-hybridized carbons (Fsp3) is 0.0789. The molecule has 0 aliphatic heterocycles. The average molecular weight is 536 g/mol. The predicted molar refractivity (Wildman–Crippen MR) is 172 cm³/mol. The summed E-state index contributed by atoms with van der Waals surface area (Å²) in [5.41, 5.74) is 12.2. The Hall–Kier alpha value is -5.15. The normalized spacial score (nSPS) is 10.9. The van der Waals surface area contributed by atoms with Crippen LogP contribution in [0.25, 0.3) is 17.7 Å². The van der Waals surface area contributed by atoms with Gasteiger partial charge in [0.15, 0.2) is 0 Å². The van der Waals surface area contributed by atoms with Gasteiger partial charge in [0, 0.05) is 23.1 Å². The van der Waals surface area contributed by atoms with Gasteiger partial charge in [-0.25, -0.2) is 4.79 Å². The zero-order valence-corrected chi connectivity index (χ0v) is 23.6. The van der Waals surface area contributed by atoms with Crippen LogP contribution < -0.4 is 4.90 Å². The fourth-order valence-electron chi connectivity index (χ4n) is 4.73. The minimum absolute atomic E-state index is 0.834. The molecular weight excluding hydrogens is 502 g/mol. The molecule has 0 fully saturated rings. The lowest BCUT2D eigenvalue weighted by atomic mass is 9.94. The van der Waals surface area contributed by atoms with Crippen molar-refractivity contribution >= 4 is 40.8 Å². The number of aliphatic carboxylic acids is 1. The minimum Gasteiger partial charge on any atom is -0.478 e. The fourth-order valence-corrected chi connectivity index (χ4v) is 4.73. The molecule has 0 unspecified atom stereocenters. The molecule has 0 amide bonds. The van der Waals surface area contributed by atoms with E-state index in [0.29, 0.717) is 0 Å². The van der Waals surface area contributed by atoms with Crippen LogP contribution in [0.2, 0.25) is 0 Å². The second-order valence-corrected chi connectivity index (χ2v) is 10.3. The third-order valence-electron chi connectivity index (χ3n) is 7.05. The van der Waals surface area contributed by atoms with Crippen molar-refractivity contribution in [1.82, 2.24) is 0 Å². The summed E-state index contributed by atoms with van der Waals surface area (Å²) in [7, 11) is 0. The van der Waals surface area contributed by atoms with E-state index >= 15 is 0 Å². The lowest BCUT2D eigenvalue weighted by molar-refractivity contribution is -0.131. The highest BCUT2D eigenvalue weighted by atomic mass is 16.4. The molecule has 41 heavy (non-hydrogen) atoms. The smallest absolute Gasteiger partial charge is 0.328 e. The summed E-state index contributed by atoms with van der Waals surface area (Å²) in [6, 6.07) is 42.3. The Morgan fingerprint density at radius 3 is 1.32 bits per heavy atom. The maximum atomic E-state index is 10.9. The molecule has 0 aromatic heterocycles. The quantitative estimate of drug-likeness (QED) is 0.159. The van der Waals surface area contributed by atoms with E-state index < -0.39 is 5.97 Å². The molecule has 3 nitrogen and oxygen atoms in total. The average Bonchev–Trinajstić information content (AvgIpc) is 2.98. The van der Waals surface area contributed by atoms with Crippen molar-refractivity contribution in [3.63, 3.8) is 0 Å². The molecule has 0 radical (unpaired) electrons. The first-order valence-electron chi connectivity index (χ1n) is 13.7. The molecule has 3 heteroatoms. The van der Waals surface area contributed by atoms with Crippen molar-refractivity contribution in [1.29, 1.82) is 0 Å². The van der Waals surface area contributed by atoms with Crippen LogP contribution in [0.4, 0.5) is 17.1 Å². The number of aryl methyl sites for hydroxylation is 3. The van der Waals surface area contributed by atoms with E-state index in [0.717, 1.165) is 34.3 Å². The van der Waals surface area contributed by atoms with Crippen molar-refractivity contribution in [2.45, 2.75) is 20.8 Å². The summed E-state index contributed by atoms with van der Waals surface area (Å²) in [4.78, 5) is 13.1. The molecule has 5 aromatic rings. The second-order valence-electron chi connectivity index (χ2n) is 10.3. The van der Waals surface area contributed by atoms with Gasteiger partial charge in [0.2, 0.25) is 0 Å². The zero-order valence-electron chi connectivity index (χ0n) is 23.6. The lowest BCUT2D eigenvalue weighted by Gasteiger charge is -2.26. The van der Waals surface area contributed by atoms with Crippen molar-refractivity contribution in [3.05, 3.63) is 166 Å². The van der Waals surface area contributed by atoms with Crippen LogP contribution in [0.5, 0.6) is 0 Å². The van der Waals surface area contributed by atoms with Gasteiger partial charge in [-0.15, -0.1) is 0 Å². The second kappa shape index (κ2) is 12.4. The van der Waals surface area contributed by atoms with Crippen molar-refractivity contribution in [3.8, 4) is 0 Å². The summed E-state index contributed by atoms with van der Waals surface area (Å²) in [5, 5.41) is 8.97. The number of rotatable bonds is 8. The standard InChI is InChI=1S/C38H33NO2/c1-27-4-15-32(16-5-27)37(33-17-6-28(2)7-18-33)26-31-12-23-36(24-13-31)39(34-19-8-29(3)9-20-34)35-21-10-30(11-22-35)14-25-38(40)41/h4-26H,1-3H3,(H,40,41). The number of carboxylic acids is 1. The van der Waals surface area contributed by atoms with Gasteiger partial charge in [-0.2, -0.15) is 0 Å². The maximum absolute atomic E-state index is 10.9. The van der Waals surface area contributed by atoms with Crippen LogP contribution in [0.15, 0.2) is 127 Å². The molecule has 0 spiro atoms. The number of nitrogens with zero attached hydrogens (tertiary/aromatic N) is 1. The molecule has 5 aromatic carbocycles. The molecule has 0 heterocycles. The first kappa shape index (κ1) is 27.4. The number of hydrogen-bond acceptors (Lipinski definition) is 2. The summed E-state index contributed by atoms with van der Waals surface area (Å²) in [6.45, 7) is 6.30. The van der Waals surface area contributed by atoms with Crippen molar-refractivity contribution < 1.29 is 9.90 Å². The molecular formula is C38H33NO2. The number of benzene rings is 5. The van der Waals surface area contributed by atoms with E-state index in [4.69, 9.17) is 5.11 Å². The van der Waals surface area contributed by atoms with Gasteiger partial charge in [0.25, 0.3) is 0 Å². The number of anilines is 3. The monoisotopic (exact) mass is 535 g/mol. The van der Waals surface area contributed by atoms with E-state index in [1.54, 1.807) is 6.08 Å². The molecule has 5 rings (SSSR count). The van der Waals surface area contributed by atoms with Gasteiger partial charge in [-0.3, -0.25) is 0 Å². The Labute approximate surface area is 242 Å². The topological polar surface area (TPSA) is 40.5 Å². The molecule has 0 saturated heterocycles. The summed E-state index contributed by atoms with van der Waals surface area (Å²) in [6.07, 6.45) is 5.00. The molecule has 0 aliphatic rings.